The molecule has 36 heavy (non-hydrogen) atoms. The van der Waals surface area contributed by atoms with Gasteiger partial charge in [0, 0.05) is 13.2 Å². The summed E-state index contributed by atoms with van der Waals surface area (Å²) in [6, 6.07) is 0. The fourth-order valence-electron chi connectivity index (χ4n) is 3.89. The smallest absolute Gasteiger partial charge is 0.111 e. The summed E-state index contributed by atoms with van der Waals surface area (Å²) >= 11 is 0. The third-order valence-electron chi connectivity index (χ3n) is 6.27. The van der Waals surface area contributed by atoms with E-state index in [2.05, 4.69) is 26.3 Å². The molecule has 0 unspecified atom stereocenters. The number of hydrogen-bond donors (Lipinski definition) is 0. The van der Waals surface area contributed by atoms with Gasteiger partial charge in [0.05, 0.1) is 33.0 Å². The van der Waals surface area contributed by atoms with Crippen molar-refractivity contribution in [1.82, 2.24) is 0 Å². The highest BCUT2D eigenvalue weighted by Gasteiger charge is 1.97. The summed E-state index contributed by atoms with van der Waals surface area (Å²) in [6.45, 7) is 20.3. The Morgan fingerprint density at radius 3 is 1.19 bits per heavy atom. The van der Waals surface area contributed by atoms with Crippen molar-refractivity contribution >= 4 is 0 Å². The number of unbranched alkanes of at least 4 members (excludes halogenated alkanes) is 14. The predicted molar refractivity (Wildman–Crippen MR) is 156 cm³/mol. The molecule has 0 radical (unpaired) electrons. The molecule has 0 heterocycles. The van der Waals surface area contributed by atoms with E-state index in [0.717, 1.165) is 51.1 Å². The highest BCUT2D eigenvalue weighted by Crippen LogP contribution is 2.12. The maximum Gasteiger partial charge on any atom is 0.111 e. The molecule has 0 saturated heterocycles. The van der Waals surface area contributed by atoms with Gasteiger partial charge in [0.2, 0.25) is 0 Å². The standard InChI is InChI=1S/C32H58O4/c1-5-31(3)23-19-15-11-10-13-17-21-25-34-28-30-35-29-27-33-24-20-16-12-8-7-9-14-18-22-26-36-32(4)6-2/h5-6H,1-4,7-30H2. The normalized spacial score (nSPS) is 10.9. The van der Waals surface area contributed by atoms with E-state index in [9.17, 15) is 0 Å². The van der Waals surface area contributed by atoms with Gasteiger partial charge in [-0.2, -0.15) is 0 Å². The Hall–Kier alpha value is -1.36. The number of allylic oxidation sites excluding steroid dienone is 3. The van der Waals surface area contributed by atoms with Gasteiger partial charge in [0.25, 0.3) is 0 Å². The zero-order valence-corrected chi connectivity index (χ0v) is 23.6. The fraction of sp³-hybridized carbons (Fsp3) is 0.750. The van der Waals surface area contributed by atoms with Crippen LogP contribution < -0.4 is 0 Å². The van der Waals surface area contributed by atoms with Gasteiger partial charge in [-0.25, -0.2) is 0 Å². The minimum atomic E-state index is 0.663. The van der Waals surface area contributed by atoms with Crippen LogP contribution in [0.2, 0.25) is 0 Å². The SMILES string of the molecule is C=CC(=C)CCCCCCCCCOCCOCCOCCCCCCCCCCCOC(=C)C=C. The van der Waals surface area contributed by atoms with Gasteiger partial charge < -0.3 is 18.9 Å². The molecule has 0 saturated carbocycles. The Bertz CT molecular complexity index is 468. The van der Waals surface area contributed by atoms with Crippen LogP contribution in [0.5, 0.6) is 0 Å². The molecule has 0 aliphatic heterocycles. The zero-order valence-electron chi connectivity index (χ0n) is 23.6. The second-order valence-electron chi connectivity index (χ2n) is 9.63. The second-order valence-corrected chi connectivity index (χ2v) is 9.63. The van der Waals surface area contributed by atoms with Crippen molar-refractivity contribution in [3.8, 4) is 0 Å². The summed E-state index contributed by atoms with van der Waals surface area (Å²) in [5.74, 6) is 0.679. The van der Waals surface area contributed by atoms with Gasteiger partial charge in [0.15, 0.2) is 0 Å². The highest BCUT2D eigenvalue weighted by molar-refractivity contribution is 5.10. The lowest BCUT2D eigenvalue weighted by molar-refractivity contribution is 0.0132. The molecule has 0 aromatic rings. The lowest BCUT2D eigenvalue weighted by Crippen LogP contribution is -2.10. The molecular formula is C32H58O4. The Kier molecular flexibility index (Phi) is 28.7. The Balaban J connectivity index is 3.06. The van der Waals surface area contributed by atoms with Crippen molar-refractivity contribution in [1.29, 1.82) is 0 Å². The van der Waals surface area contributed by atoms with E-state index >= 15 is 0 Å². The van der Waals surface area contributed by atoms with E-state index in [1.165, 1.54) is 83.5 Å². The molecule has 0 rings (SSSR count). The van der Waals surface area contributed by atoms with Crippen LogP contribution in [0.1, 0.15) is 109 Å². The summed E-state index contributed by atoms with van der Waals surface area (Å²) in [5, 5.41) is 0. The van der Waals surface area contributed by atoms with Gasteiger partial charge in [-0.3, -0.25) is 0 Å². The first kappa shape index (κ1) is 34.6. The summed E-state index contributed by atoms with van der Waals surface area (Å²) in [4.78, 5) is 0. The van der Waals surface area contributed by atoms with Crippen LogP contribution in [-0.4, -0.2) is 46.2 Å². The van der Waals surface area contributed by atoms with Crippen LogP contribution in [0, 0.1) is 0 Å². The van der Waals surface area contributed by atoms with Gasteiger partial charge in [-0.1, -0.05) is 115 Å². The van der Waals surface area contributed by atoms with E-state index in [0.29, 0.717) is 32.2 Å². The van der Waals surface area contributed by atoms with Crippen molar-refractivity contribution in [2.24, 2.45) is 0 Å². The summed E-state index contributed by atoms with van der Waals surface area (Å²) < 4.78 is 22.3. The Morgan fingerprint density at radius 1 is 0.417 bits per heavy atom. The van der Waals surface area contributed by atoms with Crippen molar-refractivity contribution in [3.05, 3.63) is 49.8 Å². The summed E-state index contributed by atoms with van der Waals surface area (Å²) in [6.07, 6.45) is 24.9. The first-order chi connectivity index (χ1) is 17.7. The van der Waals surface area contributed by atoms with Crippen molar-refractivity contribution in [3.63, 3.8) is 0 Å². The molecule has 210 valence electrons. The molecule has 0 aromatic carbocycles. The van der Waals surface area contributed by atoms with E-state index in [1.807, 2.05) is 6.08 Å². The minimum absolute atomic E-state index is 0.663. The Labute approximate surface area is 224 Å². The molecule has 0 aliphatic rings. The molecule has 0 fully saturated rings. The van der Waals surface area contributed by atoms with E-state index < -0.39 is 0 Å². The molecule has 4 nitrogen and oxygen atoms in total. The van der Waals surface area contributed by atoms with Crippen molar-refractivity contribution < 1.29 is 18.9 Å². The average molecular weight is 507 g/mol. The van der Waals surface area contributed by atoms with Crippen LogP contribution >= 0.6 is 0 Å². The molecule has 0 bridgehead atoms. The molecule has 0 amide bonds. The van der Waals surface area contributed by atoms with E-state index in [1.54, 1.807) is 6.08 Å². The molecular weight excluding hydrogens is 448 g/mol. The molecule has 0 atom stereocenters. The van der Waals surface area contributed by atoms with Crippen LogP contribution in [0.3, 0.4) is 0 Å². The first-order valence-electron chi connectivity index (χ1n) is 14.7. The Morgan fingerprint density at radius 2 is 0.778 bits per heavy atom. The predicted octanol–water partition coefficient (Wildman–Crippen LogP) is 9.13. The number of rotatable bonds is 31. The molecule has 0 aliphatic carbocycles. The maximum absolute atomic E-state index is 5.67. The topological polar surface area (TPSA) is 36.9 Å². The lowest BCUT2D eigenvalue weighted by Gasteiger charge is -2.07. The lowest BCUT2D eigenvalue weighted by atomic mass is 10.1. The number of ether oxygens (including phenoxy) is 4. The quantitative estimate of drug-likeness (QED) is 0.0533. The van der Waals surface area contributed by atoms with Crippen LogP contribution in [0.4, 0.5) is 0 Å². The molecule has 0 aromatic heterocycles. The van der Waals surface area contributed by atoms with Gasteiger partial charge in [0.1, 0.15) is 5.76 Å². The van der Waals surface area contributed by atoms with Crippen LogP contribution in [0.25, 0.3) is 0 Å². The summed E-state index contributed by atoms with van der Waals surface area (Å²) in [5.41, 5.74) is 1.16. The fourth-order valence-corrected chi connectivity index (χ4v) is 3.89. The summed E-state index contributed by atoms with van der Waals surface area (Å²) in [7, 11) is 0. The van der Waals surface area contributed by atoms with Crippen molar-refractivity contribution in [2.75, 3.05) is 46.2 Å². The van der Waals surface area contributed by atoms with Crippen LogP contribution in [-0.2, 0) is 18.9 Å². The molecule has 0 N–H and O–H groups in total. The maximum atomic E-state index is 5.67. The number of hydrogen-bond acceptors (Lipinski definition) is 4. The van der Waals surface area contributed by atoms with Gasteiger partial charge in [-0.15, -0.1) is 0 Å². The van der Waals surface area contributed by atoms with E-state index in [-0.39, 0.29) is 0 Å². The molecule has 4 heteroatoms. The third-order valence-corrected chi connectivity index (χ3v) is 6.27. The minimum Gasteiger partial charge on any atom is -0.494 e. The van der Waals surface area contributed by atoms with Crippen LogP contribution in [0.15, 0.2) is 49.8 Å². The van der Waals surface area contributed by atoms with E-state index in [4.69, 9.17) is 18.9 Å². The zero-order chi connectivity index (χ0) is 26.4. The highest BCUT2D eigenvalue weighted by atomic mass is 16.5. The monoisotopic (exact) mass is 506 g/mol. The van der Waals surface area contributed by atoms with Crippen molar-refractivity contribution in [2.45, 2.75) is 109 Å². The van der Waals surface area contributed by atoms with Gasteiger partial charge in [-0.05, 0) is 38.2 Å². The average Bonchev–Trinajstić information content (AvgIpc) is 2.89. The largest absolute Gasteiger partial charge is 0.494 e. The first-order valence-corrected chi connectivity index (χ1v) is 14.7. The van der Waals surface area contributed by atoms with Gasteiger partial charge >= 0.3 is 0 Å². The molecule has 0 spiro atoms. The third kappa shape index (κ3) is 28.9. The second kappa shape index (κ2) is 29.9.